The summed E-state index contributed by atoms with van der Waals surface area (Å²) in [6.45, 7) is 2.31. The fourth-order valence-corrected chi connectivity index (χ4v) is 3.28. The third-order valence-corrected chi connectivity index (χ3v) is 4.61. The minimum absolute atomic E-state index is 0. The third kappa shape index (κ3) is 6.84. The Morgan fingerprint density at radius 3 is 2.43 bits per heavy atom. The number of halogens is 1. The highest BCUT2D eigenvalue weighted by molar-refractivity contribution is 14.0. The molecule has 0 fully saturated rings. The standard InChI is InChI=1S/C23H30N6.HI/c1-24-23(26-14-18-9-8-10-19(13-18)16-28(2)3)29(4)17-22-25-15-21(27-22)20-11-6-5-7-12-20;/h5-13,15H,14,16-17H2,1-4H3,(H,24,26)(H,25,27);1H. The second-order valence-electron chi connectivity index (χ2n) is 7.42. The highest BCUT2D eigenvalue weighted by atomic mass is 127. The molecule has 0 saturated heterocycles. The molecule has 1 heterocycles. The molecule has 6 nitrogen and oxygen atoms in total. The van der Waals surface area contributed by atoms with E-state index in [1.165, 1.54) is 11.1 Å². The molecule has 0 aliphatic heterocycles. The number of nitrogens with zero attached hydrogens (tertiary/aromatic N) is 4. The van der Waals surface area contributed by atoms with E-state index in [9.17, 15) is 0 Å². The molecule has 0 aliphatic carbocycles. The Morgan fingerprint density at radius 2 is 1.73 bits per heavy atom. The molecule has 1 aromatic heterocycles. The molecule has 160 valence electrons. The maximum absolute atomic E-state index is 4.52. The molecule has 7 heteroatoms. The lowest BCUT2D eigenvalue weighted by molar-refractivity contribution is 0.402. The number of aliphatic imine (C=N–C) groups is 1. The summed E-state index contributed by atoms with van der Waals surface area (Å²) in [6.07, 6.45) is 1.88. The van der Waals surface area contributed by atoms with E-state index in [4.69, 9.17) is 0 Å². The van der Waals surface area contributed by atoms with Gasteiger partial charge in [0.2, 0.25) is 0 Å². The number of nitrogens with one attached hydrogen (secondary N) is 2. The molecule has 3 rings (SSSR count). The number of rotatable bonds is 7. The average Bonchev–Trinajstić information content (AvgIpc) is 3.17. The van der Waals surface area contributed by atoms with Gasteiger partial charge in [-0.2, -0.15) is 0 Å². The molecule has 30 heavy (non-hydrogen) atoms. The van der Waals surface area contributed by atoms with Crippen LogP contribution in [0.1, 0.15) is 17.0 Å². The molecular formula is C23H31IN6. The van der Waals surface area contributed by atoms with E-state index in [0.717, 1.165) is 36.1 Å². The van der Waals surface area contributed by atoms with Crippen molar-refractivity contribution in [3.8, 4) is 11.3 Å². The van der Waals surface area contributed by atoms with E-state index in [-0.39, 0.29) is 24.0 Å². The van der Waals surface area contributed by atoms with Gasteiger partial charge in [-0.05, 0) is 30.8 Å². The van der Waals surface area contributed by atoms with Crippen LogP contribution in [-0.4, -0.2) is 53.9 Å². The van der Waals surface area contributed by atoms with E-state index in [2.05, 4.69) is 80.6 Å². The smallest absolute Gasteiger partial charge is 0.194 e. The SMILES string of the molecule is CN=C(NCc1cccc(CN(C)C)c1)N(C)Cc1ncc(-c2ccccc2)[nH]1.I. The summed E-state index contributed by atoms with van der Waals surface area (Å²) in [5, 5.41) is 3.45. The average molecular weight is 518 g/mol. The summed E-state index contributed by atoms with van der Waals surface area (Å²) in [4.78, 5) is 16.6. The lowest BCUT2D eigenvalue weighted by atomic mass is 10.1. The Labute approximate surface area is 196 Å². The van der Waals surface area contributed by atoms with Gasteiger partial charge in [-0.25, -0.2) is 4.98 Å². The fraction of sp³-hybridized carbons (Fsp3) is 0.304. The Kier molecular flexibility index (Phi) is 9.32. The molecule has 0 unspecified atom stereocenters. The highest BCUT2D eigenvalue weighted by Gasteiger charge is 2.10. The lowest BCUT2D eigenvalue weighted by Crippen LogP contribution is -2.38. The first-order valence-electron chi connectivity index (χ1n) is 9.79. The number of aromatic amines is 1. The van der Waals surface area contributed by atoms with Gasteiger partial charge in [0, 0.05) is 27.2 Å². The van der Waals surface area contributed by atoms with Gasteiger partial charge in [-0.15, -0.1) is 24.0 Å². The van der Waals surface area contributed by atoms with Gasteiger partial charge in [0.05, 0.1) is 18.4 Å². The van der Waals surface area contributed by atoms with E-state index in [1.807, 2.05) is 31.4 Å². The van der Waals surface area contributed by atoms with Crippen LogP contribution in [0, 0.1) is 0 Å². The maximum atomic E-state index is 4.52. The van der Waals surface area contributed by atoms with Gasteiger partial charge in [-0.1, -0.05) is 54.6 Å². The minimum atomic E-state index is 0. The zero-order chi connectivity index (χ0) is 20.6. The predicted octanol–water partition coefficient (Wildman–Crippen LogP) is 3.96. The van der Waals surface area contributed by atoms with Crippen molar-refractivity contribution in [2.45, 2.75) is 19.6 Å². The highest BCUT2D eigenvalue weighted by Crippen LogP contribution is 2.16. The molecule has 0 saturated carbocycles. The fourth-order valence-electron chi connectivity index (χ4n) is 3.28. The second kappa shape index (κ2) is 11.7. The van der Waals surface area contributed by atoms with Crippen LogP contribution in [0.5, 0.6) is 0 Å². The lowest BCUT2D eigenvalue weighted by Gasteiger charge is -2.21. The van der Waals surface area contributed by atoms with Gasteiger partial charge < -0.3 is 20.1 Å². The van der Waals surface area contributed by atoms with Crippen molar-refractivity contribution in [1.29, 1.82) is 0 Å². The number of guanidine groups is 1. The summed E-state index contributed by atoms with van der Waals surface area (Å²) in [6, 6.07) is 18.9. The Balaban J connectivity index is 0.00000320. The van der Waals surface area contributed by atoms with Gasteiger partial charge in [0.1, 0.15) is 5.82 Å². The Bertz CT molecular complexity index is 936. The van der Waals surface area contributed by atoms with Crippen molar-refractivity contribution in [2.24, 2.45) is 4.99 Å². The molecular weight excluding hydrogens is 487 g/mol. The molecule has 0 radical (unpaired) electrons. The van der Waals surface area contributed by atoms with Crippen LogP contribution < -0.4 is 5.32 Å². The van der Waals surface area contributed by atoms with E-state index < -0.39 is 0 Å². The third-order valence-electron chi connectivity index (χ3n) is 4.61. The Hall–Kier alpha value is -2.39. The van der Waals surface area contributed by atoms with Crippen molar-refractivity contribution < 1.29 is 0 Å². The van der Waals surface area contributed by atoms with E-state index in [1.54, 1.807) is 7.05 Å². The van der Waals surface area contributed by atoms with Crippen molar-refractivity contribution >= 4 is 29.9 Å². The van der Waals surface area contributed by atoms with E-state index >= 15 is 0 Å². The summed E-state index contributed by atoms with van der Waals surface area (Å²) < 4.78 is 0. The van der Waals surface area contributed by atoms with Crippen molar-refractivity contribution in [3.05, 3.63) is 77.7 Å². The van der Waals surface area contributed by atoms with Crippen LogP contribution >= 0.6 is 24.0 Å². The van der Waals surface area contributed by atoms with Crippen LogP contribution in [0.2, 0.25) is 0 Å². The number of imidazole rings is 1. The molecule has 0 atom stereocenters. The first-order chi connectivity index (χ1) is 14.0. The van der Waals surface area contributed by atoms with Gasteiger partial charge in [0.15, 0.2) is 5.96 Å². The topological polar surface area (TPSA) is 59.6 Å². The van der Waals surface area contributed by atoms with Gasteiger partial charge in [0.25, 0.3) is 0 Å². The molecule has 0 bridgehead atoms. The molecule has 0 aliphatic rings. The molecule has 0 spiro atoms. The second-order valence-corrected chi connectivity index (χ2v) is 7.42. The molecule has 0 amide bonds. The van der Waals surface area contributed by atoms with E-state index in [0.29, 0.717) is 6.54 Å². The summed E-state index contributed by atoms with van der Waals surface area (Å²) in [5.74, 6) is 1.74. The Morgan fingerprint density at radius 1 is 1.00 bits per heavy atom. The van der Waals surface area contributed by atoms with Crippen molar-refractivity contribution in [3.63, 3.8) is 0 Å². The number of hydrogen-bond donors (Lipinski definition) is 2. The van der Waals surface area contributed by atoms with Crippen LogP contribution in [0.15, 0.2) is 65.8 Å². The molecule has 2 N–H and O–H groups in total. The van der Waals surface area contributed by atoms with Crippen LogP contribution in [-0.2, 0) is 19.6 Å². The molecule has 2 aromatic carbocycles. The molecule has 3 aromatic rings. The maximum Gasteiger partial charge on any atom is 0.194 e. The van der Waals surface area contributed by atoms with Crippen LogP contribution in [0.25, 0.3) is 11.3 Å². The zero-order valence-electron chi connectivity index (χ0n) is 18.1. The quantitative estimate of drug-likeness (QED) is 0.283. The zero-order valence-corrected chi connectivity index (χ0v) is 20.4. The largest absolute Gasteiger partial charge is 0.352 e. The van der Waals surface area contributed by atoms with Crippen molar-refractivity contribution in [2.75, 3.05) is 28.2 Å². The van der Waals surface area contributed by atoms with Crippen LogP contribution in [0.3, 0.4) is 0 Å². The first-order valence-corrected chi connectivity index (χ1v) is 9.79. The number of aromatic nitrogens is 2. The number of H-pyrrole nitrogens is 1. The monoisotopic (exact) mass is 518 g/mol. The number of hydrogen-bond acceptors (Lipinski definition) is 3. The normalized spacial score (nSPS) is 11.3. The van der Waals surface area contributed by atoms with Crippen LogP contribution in [0.4, 0.5) is 0 Å². The minimum Gasteiger partial charge on any atom is -0.352 e. The predicted molar refractivity (Wildman–Crippen MR) is 135 cm³/mol. The van der Waals surface area contributed by atoms with Gasteiger partial charge in [-0.3, -0.25) is 4.99 Å². The number of benzene rings is 2. The van der Waals surface area contributed by atoms with Crippen molar-refractivity contribution in [1.82, 2.24) is 25.1 Å². The van der Waals surface area contributed by atoms with Gasteiger partial charge >= 0.3 is 0 Å². The summed E-state index contributed by atoms with van der Waals surface area (Å²) in [7, 11) is 7.99. The first kappa shape index (κ1) is 23.9. The summed E-state index contributed by atoms with van der Waals surface area (Å²) >= 11 is 0. The summed E-state index contributed by atoms with van der Waals surface area (Å²) in [5.41, 5.74) is 4.70.